The molecule has 1 amide bonds. The molecular weight excluding hydrogens is 336 g/mol. The van der Waals surface area contributed by atoms with Crippen LogP contribution in [0, 0.1) is 10.1 Å². The summed E-state index contributed by atoms with van der Waals surface area (Å²) in [6, 6.07) is 5.70. The topological polar surface area (TPSA) is 139 Å². The Bertz CT molecular complexity index is 740. The first-order valence-electron chi connectivity index (χ1n) is 7.31. The van der Waals surface area contributed by atoms with Crippen LogP contribution in [-0.2, 0) is 27.4 Å². The Balaban J connectivity index is 1.42. The Morgan fingerprint density at radius 3 is 2.72 bits per heavy atom. The molecule has 0 radical (unpaired) electrons. The van der Waals surface area contributed by atoms with Crippen LogP contribution in [0.2, 0.25) is 0 Å². The molecule has 1 aromatic carbocycles. The summed E-state index contributed by atoms with van der Waals surface area (Å²) in [7, 11) is 0. The second kappa shape index (κ2) is 7.68. The van der Waals surface area contributed by atoms with Gasteiger partial charge in [0.2, 0.25) is 6.29 Å². The van der Waals surface area contributed by atoms with Crippen molar-refractivity contribution in [2.24, 2.45) is 0 Å². The van der Waals surface area contributed by atoms with Gasteiger partial charge in [0, 0.05) is 12.1 Å². The number of ether oxygens (including phenoxy) is 3. The summed E-state index contributed by atoms with van der Waals surface area (Å²) >= 11 is 0. The maximum atomic E-state index is 11.7. The minimum absolute atomic E-state index is 0.00924. The zero-order valence-corrected chi connectivity index (χ0v) is 12.9. The molecule has 132 valence electrons. The van der Waals surface area contributed by atoms with Crippen LogP contribution in [0.1, 0.15) is 23.6 Å². The lowest BCUT2D eigenvalue weighted by atomic mass is 10.2. The normalized spacial score (nSPS) is 14.4. The summed E-state index contributed by atoms with van der Waals surface area (Å²) in [4.78, 5) is 25.8. The Kier molecular flexibility index (Phi) is 5.16. The van der Waals surface area contributed by atoms with Gasteiger partial charge in [0.1, 0.15) is 6.61 Å². The number of non-ortho nitro benzene ring substituents is 1. The summed E-state index contributed by atoms with van der Waals surface area (Å²) in [6.45, 7) is 0.894. The molecule has 25 heavy (non-hydrogen) atoms. The number of hydrogen-bond acceptors (Lipinski definition) is 9. The van der Waals surface area contributed by atoms with Crippen molar-refractivity contribution in [2.75, 3.05) is 13.2 Å². The van der Waals surface area contributed by atoms with E-state index in [0.29, 0.717) is 18.8 Å². The first-order chi connectivity index (χ1) is 12.1. The van der Waals surface area contributed by atoms with Crippen LogP contribution in [-0.4, -0.2) is 34.4 Å². The zero-order valence-electron chi connectivity index (χ0n) is 12.9. The Morgan fingerprint density at radius 2 is 2.04 bits per heavy atom. The minimum Gasteiger partial charge on any atom is -0.445 e. The minimum atomic E-state index is -0.682. The molecule has 1 saturated heterocycles. The molecule has 1 aliphatic heterocycles. The summed E-state index contributed by atoms with van der Waals surface area (Å²) in [5, 5.41) is 16.7. The van der Waals surface area contributed by atoms with Gasteiger partial charge in [-0.1, -0.05) is 5.16 Å². The molecule has 3 rings (SSSR count). The van der Waals surface area contributed by atoms with Crippen molar-refractivity contribution in [1.82, 2.24) is 15.5 Å². The number of carbonyl (C=O) groups excluding carboxylic acids is 1. The molecule has 11 nitrogen and oxygen atoms in total. The molecule has 0 saturated carbocycles. The summed E-state index contributed by atoms with van der Waals surface area (Å²) in [6.07, 6.45) is -1.35. The van der Waals surface area contributed by atoms with Gasteiger partial charge in [-0.2, -0.15) is 4.98 Å². The predicted octanol–water partition coefficient (Wildman–Crippen LogP) is 1.45. The number of carbonyl (C=O) groups is 1. The van der Waals surface area contributed by atoms with Crippen LogP contribution < -0.4 is 5.32 Å². The van der Waals surface area contributed by atoms with Crippen molar-refractivity contribution in [3.05, 3.63) is 51.7 Å². The number of hydrogen-bond donors (Lipinski definition) is 1. The van der Waals surface area contributed by atoms with Gasteiger partial charge in [0.25, 0.3) is 11.6 Å². The van der Waals surface area contributed by atoms with Gasteiger partial charge in [0.05, 0.1) is 24.7 Å². The second-order valence-corrected chi connectivity index (χ2v) is 4.98. The Morgan fingerprint density at radius 1 is 1.32 bits per heavy atom. The van der Waals surface area contributed by atoms with Gasteiger partial charge in [-0.15, -0.1) is 0 Å². The number of amides is 1. The van der Waals surface area contributed by atoms with Gasteiger partial charge >= 0.3 is 6.09 Å². The Labute approximate surface area is 141 Å². The van der Waals surface area contributed by atoms with E-state index in [2.05, 4.69) is 15.5 Å². The monoisotopic (exact) mass is 350 g/mol. The van der Waals surface area contributed by atoms with Crippen LogP contribution >= 0.6 is 0 Å². The standard InChI is InChI=1S/C14H14N4O7/c19-14(24-8-9-1-3-10(4-2-9)18(20)21)15-7-11-16-12(25-17-11)13-22-5-6-23-13/h1-4,13H,5-8H2,(H,15,19). The zero-order chi connectivity index (χ0) is 17.6. The number of aromatic nitrogens is 2. The number of nitrogens with one attached hydrogen (secondary N) is 1. The van der Waals surface area contributed by atoms with Gasteiger partial charge < -0.3 is 24.1 Å². The third kappa shape index (κ3) is 4.49. The number of rotatable bonds is 6. The third-order valence-electron chi connectivity index (χ3n) is 3.22. The fraction of sp³-hybridized carbons (Fsp3) is 0.357. The molecule has 0 bridgehead atoms. The van der Waals surface area contributed by atoms with Crippen LogP contribution in [0.25, 0.3) is 0 Å². The molecule has 1 aromatic heterocycles. The summed E-state index contributed by atoms with van der Waals surface area (Å²) in [5.74, 6) is 0.440. The first-order valence-corrected chi connectivity index (χ1v) is 7.31. The lowest BCUT2D eigenvalue weighted by molar-refractivity contribution is -0.384. The van der Waals surface area contributed by atoms with Crippen molar-refractivity contribution in [1.29, 1.82) is 0 Å². The highest BCUT2D eigenvalue weighted by molar-refractivity contribution is 5.67. The van der Waals surface area contributed by atoms with Gasteiger partial charge in [0.15, 0.2) is 5.82 Å². The molecule has 0 atom stereocenters. The lowest BCUT2D eigenvalue weighted by Crippen LogP contribution is -2.24. The van der Waals surface area contributed by atoms with E-state index in [9.17, 15) is 14.9 Å². The molecule has 1 N–H and O–H groups in total. The van der Waals surface area contributed by atoms with E-state index >= 15 is 0 Å². The Hall–Kier alpha value is -3.05. The van der Waals surface area contributed by atoms with Gasteiger partial charge in [-0.25, -0.2) is 4.79 Å². The molecular formula is C14H14N4O7. The van der Waals surface area contributed by atoms with E-state index < -0.39 is 17.3 Å². The maximum absolute atomic E-state index is 11.7. The average molecular weight is 350 g/mol. The van der Waals surface area contributed by atoms with Crippen LogP contribution in [0.5, 0.6) is 0 Å². The number of nitrogens with zero attached hydrogens (tertiary/aromatic N) is 3. The van der Waals surface area contributed by atoms with E-state index in [4.69, 9.17) is 18.7 Å². The number of alkyl carbamates (subject to hydrolysis) is 1. The summed E-state index contributed by atoms with van der Waals surface area (Å²) < 4.78 is 20.4. The lowest BCUT2D eigenvalue weighted by Gasteiger charge is -2.05. The first kappa shape index (κ1) is 16.8. The smallest absolute Gasteiger partial charge is 0.407 e. The van der Waals surface area contributed by atoms with Crippen molar-refractivity contribution >= 4 is 11.8 Å². The molecule has 1 fully saturated rings. The van der Waals surface area contributed by atoms with Crippen LogP contribution in [0.3, 0.4) is 0 Å². The molecule has 2 heterocycles. The van der Waals surface area contributed by atoms with E-state index in [1.807, 2.05) is 0 Å². The molecule has 0 unspecified atom stereocenters. The highest BCUT2D eigenvalue weighted by atomic mass is 16.7. The molecule has 0 aliphatic carbocycles. The van der Waals surface area contributed by atoms with Gasteiger partial charge in [-0.3, -0.25) is 10.1 Å². The van der Waals surface area contributed by atoms with E-state index in [1.54, 1.807) is 0 Å². The van der Waals surface area contributed by atoms with E-state index in [-0.39, 0.29) is 30.6 Å². The van der Waals surface area contributed by atoms with Crippen LogP contribution in [0.4, 0.5) is 10.5 Å². The number of nitro groups is 1. The SMILES string of the molecule is O=C(NCc1noc(C2OCCO2)n1)OCc1ccc([N+](=O)[O-])cc1. The van der Waals surface area contributed by atoms with Crippen molar-refractivity contribution < 1.29 is 28.5 Å². The molecule has 2 aromatic rings. The average Bonchev–Trinajstić information content (AvgIpc) is 3.29. The highest BCUT2D eigenvalue weighted by Crippen LogP contribution is 2.21. The highest BCUT2D eigenvalue weighted by Gasteiger charge is 2.24. The van der Waals surface area contributed by atoms with E-state index in [1.165, 1.54) is 24.3 Å². The molecule has 0 spiro atoms. The fourth-order valence-corrected chi connectivity index (χ4v) is 2.00. The van der Waals surface area contributed by atoms with Gasteiger partial charge in [-0.05, 0) is 17.7 Å². The van der Waals surface area contributed by atoms with Crippen molar-refractivity contribution in [3.63, 3.8) is 0 Å². The molecule has 1 aliphatic rings. The van der Waals surface area contributed by atoms with E-state index in [0.717, 1.165) is 0 Å². The van der Waals surface area contributed by atoms with Crippen molar-refractivity contribution in [3.8, 4) is 0 Å². The third-order valence-corrected chi connectivity index (χ3v) is 3.22. The number of nitro benzene ring substituents is 1. The molecule has 11 heteroatoms. The maximum Gasteiger partial charge on any atom is 0.407 e. The van der Waals surface area contributed by atoms with Crippen LogP contribution in [0.15, 0.2) is 28.8 Å². The largest absolute Gasteiger partial charge is 0.445 e. The number of benzene rings is 1. The summed E-state index contributed by atoms with van der Waals surface area (Å²) in [5.41, 5.74) is 0.592. The quantitative estimate of drug-likeness (QED) is 0.605. The fourth-order valence-electron chi connectivity index (χ4n) is 2.00. The van der Waals surface area contributed by atoms with Crippen molar-refractivity contribution in [2.45, 2.75) is 19.4 Å². The predicted molar refractivity (Wildman–Crippen MR) is 79.1 cm³/mol. The second-order valence-electron chi connectivity index (χ2n) is 4.98.